The molecule has 2 nitrogen and oxygen atoms in total. The largest absolute Gasteiger partial charge is 0.388 e. The van der Waals surface area contributed by atoms with Gasteiger partial charge in [0.25, 0.3) is 0 Å². The summed E-state index contributed by atoms with van der Waals surface area (Å²) >= 11 is 0. The van der Waals surface area contributed by atoms with E-state index >= 15 is 0 Å². The number of hydrogen-bond donors (Lipinski definition) is 1. The SMILES string of the molecule is COCCCC[C@H](O)c1ccccc1. The minimum Gasteiger partial charge on any atom is -0.388 e. The Morgan fingerprint density at radius 1 is 1.21 bits per heavy atom. The molecule has 0 radical (unpaired) electrons. The predicted molar refractivity (Wildman–Crippen MR) is 57.1 cm³/mol. The van der Waals surface area contributed by atoms with E-state index in [0.717, 1.165) is 31.4 Å². The Morgan fingerprint density at radius 2 is 1.93 bits per heavy atom. The van der Waals surface area contributed by atoms with Gasteiger partial charge in [-0.05, 0) is 24.8 Å². The van der Waals surface area contributed by atoms with Gasteiger partial charge in [-0.25, -0.2) is 0 Å². The molecule has 0 spiro atoms. The molecule has 0 heterocycles. The van der Waals surface area contributed by atoms with Crippen LogP contribution >= 0.6 is 0 Å². The molecule has 0 amide bonds. The van der Waals surface area contributed by atoms with Crippen LogP contribution in [-0.4, -0.2) is 18.8 Å². The van der Waals surface area contributed by atoms with Crippen molar-refractivity contribution in [3.05, 3.63) is 35.9 Å². The van der Waals surface area contributed by atoms with Gasteiger partial charge in [-0.3, -0.25) is 0 Å². The molecule has 1 atom stereocenters. The van der Waals surface area contributed by atoms with Gasteiger partial charge < -0.3 is 9.84 Å². The quantitative estimate of drug-likeness (QED) is 0.705. The molecule has 1 N–H and O–H groups in total. The normalized spacial score (nSPS) is 12.7. The van der Waals surface area contributed by atoms with E-state index in [0.29, 0.717) is 0 Å². The van der Waals surface area contributed by atoms with Crippen LogP contribution in [0.15, 0.2) is 30.3 Å². The van der Waals surface area contributed by atoms with Crippen LogP contribution in [0.5, 0.6) is 0 Å². The van der Waals surface area contributed by atoms with Gasteiger partial charge in [-0.1, -0.05) is 30.3 Å². The van der Waals surface area contributed by atoms with Gasteiger partial charge in [0.15, 0.2) is 0 Å². The number of methoxy groups -OCH3 is 1. The van der Waals surface area contributed by atoms with Crippen LogP contribution in [0.2, 0.25) is 0 Å². The van der Waals surface area contributed by atoms with E-state index in [2.05, 4.69) is 0 Å². The van der Waals surface area contributed by atoms with E-state index in [1.165, 1.54) is 0 Å². The van der Waals surface area contributed by atoms with E-state index in [1.807, 2.05) is 30.3 Å². The van der Waals surface area contributed by atoms with E-state index in [9.17, 15) is 5.11 Å². The molecule has 0 aliphatic rings. The summed E-state index contributed by atoms with van der Waals surface area (Å²) in [4.78, 5) is 0. The fraction of sp³-hybridized carbons (Fsp3) is 0.500. The number of aliphatic hydroxyl groups is 1. The first-order valence-corrected chi connectivity index (χ1v) is 5.06. The van der Waals surface area contributed by atoms with Gasteiger partial charge in [-0.15, -0.1) is 0 Å². The van der Waals surface area contributed by atoms with Crippen LogP contribution in [0, 0.1) is 0 Å². The molecule has 0 saturated heterocycles. The van der Waals surface area contributed by atoms with Gasteiger partial charge in [0.1, 0.15) is 0 Å². The number of aliphatic hydroxyl groups excluding tert-OH is 1. The first-order chi connectivity index (χ1) is 6.84. The zero-order valence-electron chi connectivity index (χ0n) is 8.65. The summed E-state index contributed by atoms with van der Waals surface area (Å²) in [5, 5.41) is 9.78. The maximum atomic E-state index is 9.78. The minimum atomic E-state index is -0.326. The molecule has 78 valence electrons. The third-order valence-electron chi connectivity index (χ3n) is 2.26. The van der Waals surface area contributed by atoms with Crippen molar-refractivity contribution in [3.63, 3.8) is 0 Å². The van der Waals surface area contributed by atoms with Crippen molar-refractivity contribution < 1.29 is 9.84 Å². The number of ether oxygens (including phenoxy) is 1. The molecule has 14 heavy (non-hydrogen) atoms. The maximum Gasteiger partial charge on any atom is 0.0790 e. The van der Waals surface area contributed by atoms with E-state index in [1.54, 1.807) is 7.11 Å². The molecule has 1 aromatic rings. The highest BCUT2D eigenvalue weighted by Crippen LogP contribution is 2.18. The van der Waals surface area contributed by atoms with Crippen LogP contribution in [0.1, 0.15) is 30.9 Å². The van der Waals surface area contributed by atoms with Gasteiger partial charge in [0.05, 0.1) is 6.10 Å². The van der Waals surface area contributed by atoms with Gasteiger partial charge in [-0.2, -0.15) is 0 Å². The first kappa shape index (κ1) is 11.2. The average molecular weight is 194 g/mol. The number of benzene rings is 1. The average Bonchev–Trinajstić information content (AvgIpc) is 2.25. The van der Waals surface area contributed by atoms with Crippen molar-refractivity contribution >= 4 is 0 Å². The second-order valence-corrected chi connectivity index (χ2v) is 3.42. The number of hydrogen-bond acceptors (Lipinski definition) is 2. The van der Waals surface area contributed by atoms with Crippen molar-refractivity contribution in [2.24, 2.45) is 0 Å². The second-order valence-electron chi connectivity index (χ2n) is 3.42. The lowest BCUT2D eigenvalue weighted by atomic mass is 10.0. The predicted octanol–water partition coefficient (Wildman–Crippen LogP) is 2.54. The zero-order chi connectivity index (χ0) is 10.2. The summed E-state index contributed by atoms with van der Waals surface area (Å²) in [6.45, 7) is 0.779. The summed E-state index contributed by atoms with van der Waals surface area (Å²) in [5.41, 5.74) is 1.00. The fourth-order valence-electron chi connectivity index (χ4n) is 1.43. The maximum absolute atomic E-state index is 9.78. The summed E-state index contributed by atoms with van der Waals surface area (Å²) in [7, 11) is 1.70. The summed E-state index contributed by atoms with van der Waals surface area (Å²) in [6, 6.07) is 9.78. The Kier molecular flexibility index (Phi) is 5.27. The van der Waals surface area contributed by atoms with E-state index in [4.69, 9.17) is 4.74 Å². The Hall–Kier alpha value is -0.860. The number of rotatable bonds is 6. The summed E-state index contributed by atoms with van der Waals surface area (Å²) in [6.07, 6.45) is 2.51. The molecule has 1 rings (SSSR count). The van der Waals surface area contributed by atoms with Crippen LogP contribution in [-0.2, 0) is 4.74 Å². The molecule has 0 aliphatic carbocycles. The standard InChI is InChI=1S/C12H18O2/c1-14-10-6-5-9-12(13)11-7-3-2-4-8-11/h2-4,7-8,12-13H,5-6,9-10H2,1H3/t12-/m0/s1. The lowest BCUT2D eigenvalue weighted by Gasteiger charge is -2.10. The smallest absolute Gasteiger partial charge is 0.0790 e. The third kappa shape index (κ3) is 3.90. The summed E-state index contributed by atoms with van der Waals surface area (Å²) in [5.74, 6) is 0. The van der Waals surface area contributed by atoms with Crippen molar-refractivity contribution in [2.45, 2.75) is 25.4 Å². The van der Waals surface area contributed by atoms with Gasteiger partial charge in [0, 0.05) is 13.7 Å². The molecule has 0 unspecified atom stereocenters. The van der Waals surface area contributed by atoms with Gasteiger partial charge >= 0.3 is 0 Å². The molecular formula is C12H18O2. The molecule has 0 aliphatic heterocycles. The Morgan fingerprint density at radius 3 is 2.57 bits per heavy atom. The highest BCUT2D eigenvalue weighted by Gasteiger charge is 2.05. The van der Waals surface area contributed by atoms with Crippen molar-refractivity contribution in [1.29, 1.82) is 0 Å². The van der Waals surface area contributed by atoms with E-state index < -0.39 is 0 Å². The highest BCUT2D eigenvalue weighted by molar-refractivity contribution is 5.16. The third-order valence-corrected chi connectivity index (χ3v) is 2.26. The van der Waals surface area contributed by atoms with Crippen LogP contribution in [0.3, 0.4) is 0 Å². The molecule has 0 bridgehead atoms. The molecule has 0 aromatic heterocycles. The monoisotopic (exact) mass is 194 g/mol. The van der Waals surface area contributed by atoms with Crippen LogP contribution in [0.25, 0.3) is 0 Å². The Labute approximate surface area is 85.5 Å². The Bertz CT molecular complexity index is 233. The highest BCUT2D eigenvalue weighted by atomic mass is 16.5. The summed E-state index contributed by atoms with van der Waals surface area (Å²) < 4.78 is 4.95. The zero-order valence-corrected chi connectivity index (χ0v) is 8.65. The molecule has 2 heteroatoms. The van der Waals surface area contributed by atoms with Crippen molar-refractivity contribution in [1.82, 2.24) is 0 Å². The molecule has 0 fully saturated rings. The van der Waals surface area contributed by atoms with Gasteiger partial charge in [0.2, 0.25) is 0 Å². The Balaban J connectivity index is 2.25. The topological polar surface area (TPSA) is 29.5 Å². The van der Waals surface area contributed by atoms with Crippen molar-refractivity contribution in [2.75, 3.05) is 13.7 Å². The van der Waals surface area contributed by atoms with Crippen molar-refractivity contribution in [3.8, 4) is 0 Å². The first-order valence-electron chi connectivity index (χ1n) is 5.06. The minimum absolute atomic E-state index is 0.326. The molecule has 0 saturated carbocycles. The molecule has 1 aromatic carbocycles. The van der Waals surface area contributed by atoms with E-state index in [-0.39, 0.29) is 6.10 Å². The number of unbranched alkanes of at least 4 members (excludes halogenated alkanes) is 1. The fourth-order valence-corrected chi connectivity index (χ4v) is 1.43. The van der Waals surface area contributed by atoms with Crippen LogP contribution < -0.4 is 0 Å². The molecular weight excluding hydrogens is 176 g/mol. The lowest BCUT2D eigenvalue weighted by Crippen LogP contribution is -1.98. The lowest BCUT2D eigenvalue weighted by molar-refractivity contribution is 0.151. The second kappa shape index (κ2) is 6.57. The van der Waals surface area contributed by atoms with Crippen LogP contribution in [0.4, 0.5) is 0 Å².